The first-order valence-electron chi connectivity index (χ1n) is 13.1. The number of carbonyl (C=O) groups is 4. The van der Waals surface area contributed by atoms with E-state index < -0.39 is 24.0 Å². The number of nitrogens with zero attached hydrogens (tertiary/aromatic N) is 1. The van der Waals surface area contributed by atoms with Crippen molar-refractivity contribution >= 4 is 34.4 Å². The number of nitrogens with one attached hydrogen (secondary N) is 3. The van der Waals surface area contributed by atoms with Crippen LogP contribution in [0, 0.1) is 23.2 Å². The second kappa shape index (κ2) is 10.3. The molecule has 2 fully saturated rings. The van der Waals surface area contributed by atoms with E-state index in [0.717, 1.165) is 10.9 Å². The van der Waals surface area contributed by atoms with Gasteiger partial charge in [-0.05, 0) is 60.8 Å². The molecule has 4 rings (SSSR count). The molecule has 2 heterocycles. The van der Waals surface area contributed by atoms with Gasteiger partial charge in [-0.25, -0.2) is 0 Å². The Kier molecular flexibility index (Phi) is 7.41. The molecule has 38 heavy (non-hydrogen) atoms. The number of H-pyrrole nitrogens is 1. The Morgan fingerprint density at radius 2 is 1.92 bits per heavy atom. The summed E-state index contributed by atoms with van der Waals surface area (Å²) >= 11 is 0. The molecule has 1 aromatic carbocycles. The fourth-order valence-electron chi connectivity index (χ4n) is 5.92. The van der Waals surface area contributed by atoms with Gasteiger partial charge in [-0.1, -0.05) is 40.3 Å². The SMILES string of the molecule is C=CC(=O)[C@H](C)NC(=O)[C@@H]1[C@@H]2[C@H](CN1C(=O)[C@H](CC(C)C)NC(=O)c1cc3c(OC)cccc3[nH]1)C2(C)C. The van der Waals surface area contributed by atoms with Crippen molar-refractivity contribution in [2.45, 2.75) is 59.2 Å². The first-order valence-corrected chi connectivity index (χ1v) is 13.1. The number of amides is 3. The van der Waals surface area contributed by atoms with Crippen molar-refractivity contribution in [3.63, 3.8) is 0 Å². The van der Waals surface area contributed by atoms with E-state index in [9.17, 15) is 19.2 Å². The minimum atomic E-state index is -0.807. The monoisotopic (exact) mass is 522 g/mol. The lowest BCUT2D eigenvalue weighted by molar-refractivity contribution is -0.142. The molecule has 0 bridgehead atoms. The summed E-state index contributed by atoms with van der Waals surface area (Å²) in [6, 6.07) is 4.97. The number of aromatic nitrogens is 1. The van der Waals surface area contributed by atoms with E-state index >= 15 is 0 Å². The van der Waals surface area contributed by atoms with Crippen molar-refractivity contribution in [1.29, 1.82) is 0 Å². The normalized spacial score (nSPS) is 22.9. The van der Waals surface area contributed by atoms with Crippen LogP contribution >= 0.6 is 0 Å². The fourth-order valence-corrected chi connectivity index (χ4v) is 5.92. The van der Waals surface area contributed by atoms with Crippen LogP contribution in [0.25, 0.3) is 10.9 Å². The highest BCUT2D eigenvalue weighted by atomic mass is 16.5. The van der Waals surface area contributed by atoms with Gasteiger partial charge in [0.1, 0.15) is 23.5 Å². The number of aromatic amines is 1. The molecular weight excluding hydrogens is 484 g/mol. The van der Waals surface area contributed by atoms with Crippen LogP contribution in [0.2, 0.25) is 0 Å². The van der Waals surface area contributed by atoms with Gasteiger partial charge in [0.15, 0.2) is 5.78 Å². The van der Waals surface area contributed by atoms with Crippen molar-refractivity contribution in [1.82, 2.24) is 20.5 Å². The zero-order valence-electron chi connectivity index (χ0n) is 23.0. The number of fused-ring (bicyclic) bond motifs is 2. The molecule has 1 saturated heterocycles. The van der Waals surface area contributed by atoms with Gasteiger partial charge < -0.3 is 25.3 Å². The minimum absolute atomic E-state index is 0.00550. The zero-order chi connectivity index (χ0) is 27.9. The molecule has 1 aromatic heterocycles. The predicted octanol–water partition coefficient (Wildman–Crippen LogP) is 3.06. The van der Waals surface area contributed by atoms with Crippen LogP contribution in [0.5, 0.6) is 5.75 Å². The molecule has 1 saturated carbocycles. The van der Waals surface area contributed by atoms with E-state index in [1.54, 1.807) is 25.0 Å². The van der Waals surface area contributed by atoms with Gasteiger partial charge in [0.25, 0.3) is 5.91 Å². The predicted molar refractivity (Wildman–Crippen MR) is 145 cm³/mol. The summed E-state index contributed by atoms with van der Waals surface area (Å²) in [7, 11) is 1.57. The maximum absolute atomic E-state index is 13.9. The van der Waals surface area contributed by atoms with Gasteiger partial charge in [-0.2, -0.15) is 0 Å². The highest BCUT2D eigenvalue weighted by Gasteiger charge is 2.69. The van der Waals surface area contributed by atoms with E-state index in [1.165, 1.54) is 6.08 Å². The molecule has 0 unspecified atom stereocenters. The maximum atomic E-state index is 13.9. The summed E-state index contributed by atoms with van der Waals surface area (Å²) in [5.74, 6) is -0.386. The quantitative estimate of drug-likeness (QED) is 0.414. The summed E-state index contributed by atoms with van der Waals surface area (Å²) in [5, 5.41) is 6.45. The Balaban J connectivity index is 1.56. The van der Waals surface area contributed by atoms with Crippen molar-refractivity contribution in [3.8, 4) is 5.75 Å². The Bertz CT molecular complexity index is 1280. The lowest BCUT2D eigenvalue weighted by atomic mass is 9.97. The average Bonchev–Trinajstić information content (AvgIpc) is 3.26. The lowest BCUT2D eigenvalue weighted by Gasteiger charge is -2.34. The van der Waals surface area contributed by atoms with Gasteiger partial charge in [-0.3, -0.25) is 19.2 Å². The number of ketones is 1. The third-order valence-corrected chi connectivity index (χ3v) is 8.15. The Morgan fingerprint density at radius 3 is 2.55 bits per heavy atom. The third kappa shape index (κ3) is 4.93. The van der Waals surface area contributed by atoms with E-state index in [2.05, 4.69) is 36.0 Å². The highest BCUT2D eigenvalue weighted by Crippen LogP contribution is 2.64. The molecule has 2 aliphatic rings. The number of hydrogen-bond acceptors (Lipinski definition) is 5. The largest absolute Gasteiger partial charge is 0.496 e. The Morgan fingerprint density at radius 1 is 1.21 bits per heavy atom. The van der Waals surface area contributed by atoms with Crippen molar-refractivity contribution in [2.24, 2.45) is 23.2 Å². The number of ether oxygens (including phenoxy) is 1. The number of hydrogen-bond donors (Lipinski definition) is 3. The smallest absolute Gasteiger partial charge is 0.268 e. The highest BCUT2D eigenvalue weighted by molar-refractivity contribution is 6.02. The first kappa shape index (κ1) is 27.4. The second-order valence-corrected chi connectivity index (χ2v) is 11.5. The van der Waals surface area contributed by atoms with Gasteiger partial charge in [0, 0.05) is 17.4 Å². The summed E-state index contributed by atoms with van der Waals surface area (Å²) in [6.45, 7) is 13.7. The summed E-state index contributed by atoms with van der Waals surface area (Å²) in [6.07, 6.45) is 1.60. The van der Waals surface area contributed by atoms with Crippen molar-refractivity contribution in [2.75, 3.05) is 13.7 Å². The molecule has 9 nitrogen and oxygen atoms in total. The molecule has 204 valence electrons. The maximum Gasteiger partial charge on any atom is 0.268 e. The summed E-state index contributed by atoms with van der Waals surface area (Å²) in [5.41, 5.74) is 0.996. The summed E-state index contributed by atoms with van der Waals surface area (Å²) < 4.78 is 5.40. The van der Waals surface area contributed by atoms with Gasteiger partial charge in [0.2, 0.25) is 11.8 Å². The molecule has 1 aliphatic heterocycles. The molecule has 9 heteroatoms. The molecule has 2 aromatic rings. The standard InChI is InChI=1S/C29H38N4O5/c1-8-22(34)16(4)30-27(36)25-24-18(29(24,5)6)14-33(25)28(37)21(12-15(2)3)32-26(35)20-13-17-19(31-20)10-9-11-23(17)38-7/h8-11,13,15-16,18,21,24-25,31H,1,12,14H2,2-7H3,(H,30,36)(H,32,35)/t16-,18-,21-,24-,25-/m0/s1. The molecule has 3 N–H and O–H groups in total. The van der Waals surface area contributed by atoms with Crippen LogP contribution in [-0.4, -0.2) is 65.2 Å². The van der Waals surface area contributed by atoms with E-state index in [0.29, 0.717) is 24.4 Å². The molecule has 0 spiro atoms. The number of methoxy groups -OCH3 is 1. The van der Waals surface area contributed by atoms with Gasteiger partial charge in [-0.15, -0.1) is 0 Å². The second-order valence-electron chi connectivity index (χ2n) is 11.5. The molecule has 1 aliphatic carbocycles. The minimum Gasteiger partial charge on any atom is -0.496 e. The Labute approximate surface area is 223 Å². The van der Waals surface area contributed by atoms with E-state index in [1.807, 2.05) is 32.0 Å². The topological polar surface area (TPSA) is 121 Å². The van der Waals surface area contributed by atoms with Crippen LogP contribution < -0.4 is 15.4 Å². The number of likely N-dealkylation sites (tertiary alicyclic amines) is 1. The number of piperidine rings is 1. The average molecular weight is 523 g/mol. The number of rotatable bonds is 10. The van der Waals surface area contributed by atoms with Crippen LogP contribution in [0.3, 0.4) is 0 Å². The Hall–Kier alpha value is -3.62. The molecular formula is C29H38N4O5. The number of benzene rings is 1. The molecule has 0 radical (unpaired) electrons. The van der Waals surface area contributed by atoms with E-state index in [-0.39, 0.29) is 40.8 Å². The lowest BCUT2D eigenvalue weighted by Crippen LogP contribution is -2.57. The van der Waals surface area contributed by atoms with Crippen molar-refractivity contribution in [3.05, 3.63) is 42.6 Å². The molecule has 5 atom stereocenters. The fraction of sp³-hybridized carbons (Fsp3) is 0.517. The zero-order valence-corrected chi connectivity index (χ0v) is 23.0. The van der Waals surface area contributed by atoms with Crippen LogP contribution in [0.15, 0.2) is 36.9 Å². The van der Waals surface area contributed by atoms with Gasteiger partial charge >= 0.3 is 0 Å². The van der Waals surface area contributed by atoms with E-state index in [4.69, 9.17) is 4.74 Å². The van der Waals surface area contributed by atoms with Crippen molar-refractivity contribution < 1.29 is 23.9 Å². The van der Waals surface area contributed by atoms with Crippen LogP contribution in [-0.2, 0) is 14.4 Å². The number of carbonyl (C=O) groups excluding carboxylic acids is 4. The third-order valence-electron chi connectivity index (χ3n) is 8.15. The first-order chi connectivity index (χ1) is 17.9. The van der Waals surface area contributed by atoms with Crippen LogP contribution in [0.1, 0.15) is 51.5 Å². The van der Waals surface area contributed by atoms with Crippen LogP contribution in [0.4, 0.5) is 0 Å². The molecule has 3 amide bonds. The van der Waals surface area contributed by atoms with Gasteiger partial charge in [0.05, 0.1) is 13.2 Å². The summed E-state index contributed by atoms with van der Waals surface area (Å²) in [4.78, 5) is 57.3.